The van der Waals surface area contributed by atoms with E-state index < -0.39 is 0 Å². The largest absolute Gasteiger partial charge is 0.311 e. The third-order valence-electron chi connectivity index (χ3n) is 3.98. The molecule has 100 valence electrons. The number of aromatic nitrogens is 2. The molecule has 1 saturated carbocycles. The van der Waals surface area contributed by atoms with Crippen molar-refractivity contribution in [3.8, 4) is 0 Å². The quantitative estimate of drug-likeness (QED) is 0.908. The van der Waals surface area contributed by atoms with Crippen LogP contribution < -0.4 is 5.32 Å². The topological polar surface area (TPSA) is 37.8 Å². The van der Waals surface area contributed by atoms with Crippen LogP contribution in [0, 0.1) is 0 Å². The van der Waals surface area contributed by atoms with E-state index >= 15 is 0 Å². The number of nitrogens with one attached hydrogen (secondary N) is 1. The van der Waals surface area contributed by atoms with E-state index in [-0.39, 0.29) is 5.41 Å². The predicted molar refractivity (Wildman–Crippen MR) is 78.5 cm³/mol. The molecule has 0 radical (unpaired) electrons. The Bertz CT molecular complexity index is 542. The van der Waals surface area contributed by atoms with Crippen molar-refractivity contribution in [2.45, 2.75) is 37.6 Å². The molecule has 1 heterocycles. The lowest BCUT2D eigenvalue weighted by Crippen LogP contribution is -2.14. The fraction of sp³-hybridized carbons (Fsp3) is 0.467. The maximum atomic E-state index is 4.47. The molecule has 0 aliphatic heterocycles. The van der Waals surface area contributed by atoms with Crippen LogP contribution in [0.3, 0.4) is 0 Å². The summed E-state index contributed by atoms with van der Waals surface area (Å²) in [7, 11) is 1.99. The normalized spacial score (nSPS) is 18.2. The van der Waals surface area contributed by atoms with E-state index in [9.17, 15) is 0 Å². The summed E-state index contributed by atoms with van der Waals surface area (Å²) in [4.78, 5) is 0. The molecular formula is C15H19N3S. The Morgan fingerprint density at radius 1 is 1.26 bits per heavy atom. The molecule has 1 aliphatic carbocycles. The Morgan fingerprint density at radius 3 is 2.58 bits per heavy atom. The van der Waals surface area contributed by atoms with Crippen molar-refractivity contribution in [2.24, 2.45) is 0 Å². The van der Waals surface area contributed by atoms with Crippen molar-refractivity contribution in [3.63, 3.8) is 0 Å². The third-order valence-corrected chi connectivity index (χ3v) is 5.22. The number of benzene rings is 1. The van der Waals surface area contributed by atoms with Gasteiger partial charge >= 0.3 is 0 Å². The summed E-state index contributed by atoms with van der Waals surface area (Å²) in [6.45, 7) is 2.17. The van der Waals surface area contributed by atoms with Gasteiger partial charge in [-0.1, -0.05) is 48.6 Å². The van der Waals surface area contributed by atoms with Crippen LogP contribution in [-0.4, -0.2) is 17.2 Å². The molecule has 4 heteroatoms. The maximum absolute atomic E-state index is 4.47. The van der Waals surface area contributed by atoms with Crippen LogP contribution in [0.2, 0.25) is 0 Å². The highest BCUT2D eigenvalue weighted by Gasteiger charge is 2.48. The standard InChI is InChI=1S/C15H19N3S/c1-3-12(16-2)13-17-18-14(19-13)15(9-10-15)11-7-5-4-6-8-11/h4-8,12,16H,3,9-10H2,1-2H3. The van der Waals surface area contributed by atoms with E-state index in [1.54, 1.807) is 11.3 Å². The van der Waals surface area contributed by atoms with Crippen LogP contribution >= 0.6 is 11.3 Å². The van der Waals surface area contributed by atoms with E-state index in [0.717, 1.165) is 11.4 Å². The zero-order chi connectivity index (χ0) is 13.3. The zero-order valence-electron chi connectivity index (χ0n) is 11.4. The maximum Gasteiger partial charge on any atom is 0.134 e. The smallest absolute Gasteiger partial charge is 0.134 e. The summed E-state index contributed by atoms with van der Waals surface area (Å²) in [6, 6.07) is 11.0. The molecule has 0 spiro atoms. The van der Waals surface area contributed by atoms with Crippen LogP contribution in [0.25, 0.3) is 0 Å². The lowest BCUT2D eigenvalue weighted by atomic mass is 9.97. The van der Waals surface area contributed by atoms with Crippen molar-refractivity contribution in [1.29, 1.82) is 0 Å². The van der Waals surface area contributed by atoms with Crippen LogP contribution in [0.15, 0.2) is 30.3 Å². The summed E-state index contributed by atoms with van der Waals surface area (Å²) in [5.41, 5.74) is 1.54. The molecule has 3 rings (SSSR count). The van der Waals surface area contributed by atoms with Gasteiger partial charge in [0, 0.05) is 5.41 Å². The molecule has 1 aliphatic rings. The first kappa shape index (κ1) is 12.8. The Kier molecular flexibility index (Phi) is 3.37. The van der Waals surface area contributed by atoms with E-state index in [4.69, 9.17) is 0 Å². The zero-order valence-corrected chi connectivity index (χ0v) is 12.2. The van der Waals surface area contributed by atoms with Crippen molar-refractivity contribution < 1.29 is 0 Å². The van der Waals surface area contributed by atoms with Gasteiger partial charge < -0.3 is 5.32 Å². The fourth-order valence-corrected chi connectivity index (χ4v) is 3.88. The van der Waals surface area contributed by atoms with Gasteiger partial charge in [0.2, 0.25) is 0 Å². The number of rotatable bonds is 5. The molecule has 2 aromatic rings. The molecule has 1 aromatic heterocycles. The van der Waals surface area contributed by atoms with Crippen LogP contribution in [0.4, 0.5) is 0 Å². The number of nitrogens with zero attached hydrogens (tertiary/aromatic N) is 2. The summed E-state index contributed by atoms with van der Waals surface area (Å²) in [6.07, 6.45) is 3.44. The predicted octanol–water partition coefficient (Wildman–Crippen LogP) is 3.29. The fourth-order valence-electron chi connectivity index (χ4n) is 2.58. The summed E-state index contributed by atoms with van der Waals surface area (Å²) >= 11 is 1.77. The van der Waals surface area contributed by atoms with E-state index in [1.165, 1.54) is 23.4 Å². The highest BCUT2D eigenvalue weighted by molar-refractivity contribution is 7.11. The van der Waals surface area contributed by atoms with Crippen LogP contribution in [-0.2, 0) is 5.41 Å². The van der Waals surface area contributed by atoms with Gasteiger partial charge in [0.25, 0.3) is 0 Å². The van der Waals surface area contributed by atoms with Gasteiger partial charge in [-0.25, -0.2) is 0 Å². The molecule has 1 unspecified atom stereocenters. The summed E-state index contributed by atoms with van der Waals surface area (Å²) in [5, 5.41) is 14.5. The van der Waals surface area contributed by atoms with Gasteiger partial charge in [0.15, 0.2) is 0 Å². The minimum Gasteiger partial charge on any atom is -0.311 e. The third kappa shape index (κ3) is 2.19. The van der Waals surface area contributed by atoms with Gasteiger partial charge in [-0.3, -0.25) is 0 Å². The van der Waals surface area contributed by atoms with Gasteiger partial charge in [0.05, 0.1) is 6.04 Å². The molecule has 1 fully saturated rings. The highest BCUT2D eigenvalue weighted by Crippen LogP contribution is 2.54. The number of hydrogen-bond acceptors (Lipinski definition) is 4. The summed E-state index contributed by atoms with van der Waals surface area (Å²) < 4.78 is 0. The second kappa shape index (κ2) is 5.02. The number of hydrogen-bond donors (Lipinski definition) is 1. The minimum absolute atomic E-state index is 0.156. The van der Waals surface area contributed by atoms with E-state index in [0.29, 0.717) is 6.04 Å². The lowest BCUT2D eigenvalue weighted by Gasteiger charge is -2.12. The minimum atomic E-state index is 0.156. The molecule has 1 aromatic carbocycles. The van der Waals surface area contributed by atoms with Crippen molar-refractivity contribution in [2.75, 3.05) is 7.05 Å². The molecule has 0 bridgehead atoms. The molecule has 0 amide bonds. The van der Waals surface area contributed by atoms with E-state index in [1.807, 2.05) is 7.05 Å². The summed E-state index contributed by atoms with van der Waals surface area (Å²) in [5.74, 6) is 0. The Morgan fingerprint density at radius 2 is 2.00 bits per heavy atom. The van der Waals surface area contributed by atoms with Crippen molar-refractivity contribution in [3.05, 3.63) is 45.9 Å². The molecule has 1 atom stereocenters. The molecule has 3 nitrogen and oxygen atoms in total. The molecule has 0 saturated heterocycles. The SMILES string of the molecule is CCC(NC)c1nnc(C2(c3ccccc3)CC2)s1. The second-order valence-corrected chi connectivity index (χ2v) is 6.15. The van der Waals surface area contributed by atoms with Gasteiger partial charge in [-0.15, -0.1) is 10.2 Å². The van der Waals surface area contributed by atoms with Gasteiger partial charge in [-0.2, -0.15) is 0 Å². The highest BCUT2D eigenvalue weighted by atomic mass is 32.1. The Balaban J connectivity index is 1.91. The average Bonchev–Trinajstić information content (AvgIpc) is 3.14. The van der Waals surface area contributed by atoms with Crippen molar-refractivity contribution in [1.82, 2.24) is 15.5 Å². The van der Waals surface area contributed by atoms with E-state index in [2.05, 4.69) is 52.8 Å². The first-order chi connectivity index (χ1) is 9.30. The second-order valence-electron chi connectivity index (χ2n) is 5.14. The van der Waals surface area contributed by atoms with Crippen LogP contribution in [0.5, 0.6) is 0 Å². The molecular weight excluding hydrogens is 254 g/mol. The monoisotopic (exact) mass is 273 g/mol. The van der Waals surface area contributed by atoms with Crippen LogP contribution in [0.1, 0.15) is 47.8 Å². The first-order valence-electron chi connectivity index (χ1n) is 6.87. The lowest BCUT2D eigenvalue weighted by molar-refractivity contribution is 0.568. The average molecular weight is 273 g/mol. The first-order valence-corrected chi connectivity index (χ1v) is 7.68. The molecule has 1 N–H and O–H groups in total. The van der Waals surface area contributed by atoms with Gasteiger partial charge in [-0.05, 0) is 31.9 Å². The Labute approximate surface area is 118 Å². The molecule has 19 heavy (non-hydrogen) atoms. The van der Waals surface area contributed by atoms with Gasteiger partial charge in [0.1, 0.15) is 10.0 Å². The Hall–Kier alpha value is -1.26. The van der Waals surface area contributed by atoms with Crippen molar-refractivity contribution >= 4 is 11.3 Å².